The van der Waals surface area contributed by atoms with Gasteiger partial charge in [-0.1, -0.05) is 30.3 Å². The summed E-state index contributed by atoms with van der Waals surface area (Å²) in [4.78, 5) is 11.7. The molecule has 0 radical (unpaired) electrons. The number of nitrogens with one attached hydrogen (secondary N) is 1. The van der Waals surface area contributed by atoms with Gasteiger partial charge in [-0.05, 0) is 30.3 Å². The zero-order valence-electron chi connectivity index (χ0n) is 14.8. The van der Waals surface area contributed by atoms with Crippen molar-refractivity contribution < 1.29 is 26.4 Å². The van der Waals surface area contributed by atoms with Gasteiger partial charge in [-0.3, -0.25) is 4.79 Å². The third-order valence-electron chi connectivity index (χ3n) is 3.83. The van der Waals surface area contributed by atoms with Crippen LogP contribution in [-0.2, 0) is 21.6 Å². The highest BCUT2D eigenvalue weighted by Crippen LogP contribution is 2.13. The normalized spacial score (nSPS) is 11.0. The molecule has 6 nitrogen and oxygen atoms in total. The standard InChI is InChI=1S/C20H17FN2O4S/c21-28(25,26)19-10-8-16(9-11-19)13-23-12-4-5-17(14-23)22-20(24)15-27-18-6-2-1-3-7-18/h1-12,14H,13,15H2/p+1. The molecule has 0 bridgehead atoms. The topological polar surface area (TPSA) is 76.3 Å². The van der Waals surface area contributed by atoms with Crippen LogP contribution in [0.3, 0.4) is 0 Å². The predicted molar refractivity (Wildman–Crippen MR) is 101 cm³/mol. The lowest BCUT2D eigenvalue weighted by molar-refractivity contribution is -0.687. The molecular formula is C20H18FN2O4S+. The molecule has 28 heavy (non-hydrogen) atoms. The molecule has 0 unspecified atom stereocenters. The third-order valence-corrected chi connectivity index (χ3v) is 4.66. The number of pyridine rings is 1. The molecular weight excluding hydrogens is 383 g/mol. The van der Waals surface area contributed by atoms with Crippen LogP contribution in [0.4, 0.5) is 9.57 Å². The van der Waals surface area contributed by atoms with Gasteiger partial charge in [-0.15, -0.1) is 3.89 Å². The van der Waals surface area contributed by atoms with Gasteiger partial charge in [0.1, 0.15) is 11.4 Å². The molecule has 0 aliphatic heterocycles. The Balaban J connectivity index is 1.59. The van der Waals surface area contributed by atoms with E-state index in [1.54, 1.807) is 48.8 Å². The fourth-order valence-corrected chi connectivity index (χ4v) is 2.99. The Morgan fingerprint density at radius 3 is 2.39 bits per heavy atom. The Hall–Kier alpha value is -3.26. The van der Waals surface area contributed by atoms with E-state index < -0.39 is 10.2 Å². The zero-order chi connectivity index (χ0) is 20.0. The SMILES string of the molecule is O=C(COc1ccccc1)Nc1ccc[n+](Cc2ccc(S(=O)(=O)F)cc2)c1. The van der Waals surface area contributed by atoms with Crippen molar-refractivity contribution in [3.8, 4) is 5.75 Å². The minimum absolute atomic E-state index is 0.113. The van der Waals surface area contributed by atoms with Crippen LogP contribution >= 0.6 is 0 Å². The molecule has 0 aliphatic rings. The van der Waals surface area contributed by atoms with Crippen LogP contribution < -0.4 is 14.6 Å². The van der Waals surface area contributed by atoms with Gasteiger partial charge in [0.25, 0.3) is 5.91 Å². The Morgan fingerprint density at radius 1 is 1.00 bits per heavy atom. The van der Waals surface area contributed by atoms with Gasteiger partial charge in [0.2, 0.25) is 0 Å². The van der Waals surface area contributed by atoms with E-state index in [9.17, 15) is 17.1 Å². The largest absolute Gasteiger partial charge is 0.484 e. The number of carbonyl (C=O) groups excluding carboxylic acids is 1. The fourth-order valence-electron chi connectivity index (χ4n) is 2.53. The summed E-state index contributed by atoms with van der Waals surface area (Å²) in [6.45, 7) is 0.314. The van der Waals surface area contributed by atoms with Crippen molar-refractivity contribution in [1.29, 1.82) is 0 Å². The van der Waals surface area contributed by atoms with Gasteiger partial charge in [-0.2, -0.15) is 13.0 Å². The molecule has 2 aromatic carbocycles. The van der Waals surface area contributed by atoms with Crippen molar-refractivity contribution in [3.63, 3.8) is 0 Å². The van der Waals surface area contributed by atoms with Gasteiger partial charge in [-0.25, -0.2) is 0 Å². The van der Waals surface area contributed by atoms with Gasteiger partial charge in [0.05, 0.1) is 4.90 Å². The fraction of sp³-hybridized carbons (Fsp3) is 0.100. The van der Waals surface area contributed by atoms with E-state index in [1.807, 2.05) is 22.8 Å². The molecule has 0 fully saturated rings. The van der Waals surface area contributed by atoms with Gasteiger partial charge in [0, 0.05) is 11.6 Å². The van der Waals surface area contributed by atoms with Crippen molar-refractivity contribution >= 4 is 21.8 Å². The zero-order valence-corrected chi connectivity index (χ0v) is 15.6. The average molecular weight is 401 g/mol. The number of ether oxygens (including phenoxy) is 1. The minimum atomic E-state index is -4.70. The number of nitrogens with zero attached hydrogens (tertiary/aromatic N) is 1. The molecule has 1 heterocycles. The number of halogens is 1. The first-order chi connectivity index (χ1) is 13.4. The Kier molecular flexibility index (Phi) is 6.00. The molecule has 0 aliphatic carbocycles. The average Bonchev–Trinajstić information content (AvgIpc) is 2.67. The maximum Gasteiger partial charge on any atom is 0.332 e. The minimum Gasteiger partial charge on any atom is -0.484 e. The molecule has 0 atom stereocenters. The second-order valence-corrected chi connectivity index (χ2v) is 7.34. The highest BCUT2D eigenvalue weighted by atomic mass is 32.3. The molecule has 144 valence electrons. The van der Waals surface area contributed by atoms with Crippen LogP contribution in [-0.4, -0.2) is 20.9 Å². The number of amides is 1. The highest BCUT2D eigenvalue weighted by Gasteiger charge is 2.12. The molecule has 8 heteroatoms. The van der Waals surface area contributed by atoms with Crippen LogP contribution in [0.1, 0.15) is 5.56 Å². The van der Waals surface area contributed by atoms with E-state index in [2.05, 4.69) is 5.32 Å². The lowest BCUT2D eigenvalue weighted by atomic mass is 10.2. The summed E-state index contributed by atoms with van der Waals surface area (Å²) in [6.07, 6.45) is 3.54. The van der Waals surface area contributed by atoms with Crippen molar-refractivity contribution in [1.82, 2.24) is 0 Å². The Labute approximate surface area is 162 Å². The summed E-state index contributed by atoms with van der Waals surface area (Å²) in [6, 6.07) is 18.1. The first-order valence-corrected chi connectivity index (χ1v) is 9.79. The van der Waals surface area contributed by atoms with E-state index in [1.165, 1.54) is 12.1 Å². The lowest BCUT2D eigenvalue weighted by Gasteiger charge is -2.07. The van der Waals surface area contributed by atoms with Gasteiger partial charge >= 0.3 is 10.2 Å². The van der Waals surface area contributed by atoms with E-state index in [0.29, 0.717) is 18.0 Å². The first-order valence-electron chi connectivity index (χ1n) is 8.40. The second-order valence-electron chi connectivity index (χ2n) is 6.00. The van der Waals surface area contributed by atoms with Crippen LogP contribution in [0.5, 0.6) is 5.75 Å². The maximum absolute atomic E-state index is 12.9. The first kappa shape index (κ1) is 19.5. The molecule has 1 N–H and O–H groups in total. The molecule has 0 spiro atoms. The number of anilines is 1. The summed E-state index contributed by atoms with van der Waals surface area (Å²) < 4.78 is 41.9. The molecule has 3 aromatic rings. The van der Waals surface area contributed by atoms with E-state index in [0.717, 1.165) is 5.56 Å². The molecule has 1 amide bonds. The number of para-hydroxylation sites is 1. The van der Waals surface area contributed by atoms with E-state index in [-0.39, 0.29) is 17.4 Å². The van der Waals surface area contributed by atoms with E-state index in [4.69, 9.17) is 4.74 Å². The summed E-state index contributed by atoms with van der Waals surface area (Å²) in [7, 11) is -4.70. The lowest BCUT2D eigenvalue weighted by Crippen LogP contribution is -2.34. The number of hydrogen-bond acceptors (Lipinski definition) is 4. The summed E-state index contributed by atoms with van der Waals surface area (Å²) in [5, 5.41) is 2.75. The number of carbonyl (C=O) groups is 1. The van der Waals surface area contributed by atoms with Crippen molar-refractivity contribution in [3.05, 3.63) is 84.7 Å². The molecule has 1 aromatic heterocycles. The summed E-state index contributed by atoms with van der Waals surface area (Å²) in [5.41, 5.74) is 1.38. The van der Waals surface area contributed by atoms with Crippen LogP contribution in [0.25, 0.3) is 0 Å². The summed E-state index contributed by atoms with van der Waals surface area (Å²) in [5.74, 6) is 0.318. The van der Waals surface area contributed by atoms with E-state index >= 15 is 0 Å². The quantitative estimate of drug-likeness (QED) is 0.488. The Morgan fingerprint density at radius 2 is 1.71 bits per heavy atom. The number of hydrogen-bond donors (Lipinski definition) is 1. The Bertz CT molecular complexity index is 1060. The predicted octanol–water partition coefficient (Wildman–Crippen LogP) is 2.70. The third kappa shape index (κ3) is 5.62. The van der Waals surface area contributed by atoms with Crippen LogP contribution in [0.2, 0.25) is 0 Å². The number of benzene rings is 2. The van der Waals surface area contributed by atoms with Crippen LogP contribution in [0.15, 0.2) is 84.0 Å². The highest BCUT2D eigenvalue weighted by molar-refractivity contribution is 7.86. The van der Waals surface area contributed by atoms with Crippen molar-refractivity contribution in [2.75, 3.05) is 11.9 Å². The van der Waals surface area contributed by atoms with Gasteiger partial charge < -0.3 is 10.1 Å². The molecule has 0 saturated heterocycles. The summed E-state index contributed by atoms with van der Waals surface area (Å²) >= 11 is 0. The van der Waals surface area contributed by atoms with Crippen molar-refractivity contribution in [2.45, 2.75) is 11.4 Å². The number of aromatic nitrogens is 1. The number of rotatable bonds is 7. The monoisotopic (exact) mass is 401 g/mol. The molecule has 3 rings (SSSR count). The smallest absolute Gasteiger partial charge is 0.332 e. The van der Waals surface area contributed by atoms with Crippen molar-refractivity contribution in [2.24, 2.45) is 0 Å². The second kappa shape index (κ2) is 8.62. The van der Waals surface area contributed by atoms with Gasteiger partial charge in [0.15, 0.2) is 25.5 Å². The maximum atomic E-state index is 12.9. The van der Waals surface area contributed by atoms with Crippen LogP contribution in [0, 0.1) is 0 Å². The molecule has 0 saturated carbocycles.